The first-order valence-electron chi connectivity index (χ1n) is 6.43. The Morgan fingerprint density at radius 2 is 2.06 bits per heavy atom. The Kier molecular flexibility index (Phi) is 5.78. The predicted octanol–water partition coefficient (Wildman–Crippen LogP) is 1.90. The van der Waals surface area contributed by atoms with Gasteiger partial charge < -0.3 is 10.1 Å². The fourth-order valence-corrected chi connectivity index (χ4v) is 2.17. The molecule has 0 aliphatic rings. The van der Waals surface area contributed by atoms with Crippen molar-refractivity contribution < 1.29 is 9.53 Å². The molecule has 0 amide bonds. The van der Waals surface area contributed by atoms with Gasteiger partial charge in [-0.3, -0.25) is 9.78 Å². The van der Waals surface area contributed by atoms with E-state index in [1.54, 1.807) is 12.4 Å². The molecule has 1 aromatic rings. The van der Waals surface area contributed by atoms with Gasteiger partial charge in [0.2, 0.25) is 0 Å². The van der Waals surface area contributed by atoms with Crippen LogP contribution < -0.4 is 5.32 Å². The predicted molar refractivity (Wildman–Crippen MR) is 71.4 cm³/mol. The lowest BCUT2D eigenvalue weighted by Crippen LogP contribution is -2.39. The van der Waals surface area contributed by atoms with Crippen molar-refractivity contribution in [1.29, 1.82) is 0 Å². The standard InChI is InChI=1S/C14H22N2O2/c1-4-14(8-11-15-3,13(17)18-5-2)12-6-9-16-10-7-12/h6-7,9-10,15H,4-5,8,11H2,1-3H3. The molecule has 1 unspecified atom stereocenters. The number of pyridine rings is 1. The monoisotopic (exact) mass is 250 g/mol. The minimum atomic E-state index is -0.567. The highest BCUT2D eigenvalue weighted by molar-refractivity contribution is 5.83. The van der Waals surface area contributed by atoms with Crippen LogP contribution in [-0.2, 0) is 14.9 Å². The molecule has 1 rings (SSSR count). The molecular weight excluding hydrogens is 228 g/mol. The molecule has 4 nitrogen and oxygen atoms in total. The smallest absolute Gasteiger partial charge is 0.316 e. The second kappa shape index (κ2) is 7.11. The van der Waals surface area contributed by atoms with Gasteiger partial charge in [0.05, 0.1) is 12.0 Å². The second-order valence-corrected chi connectivity index (χ2v) is 4.25. The third kappa shape index (κ3) is 3.07. The largest absolute Gasteiger partial charge is 0.465 e. The van der Waals surface area contributed by atoms with Crippen molar-refractivity contribution >= 4 is 5.97 Å². The Balaban J connectivity index is 3.09. The summed E-state index contributed by atoms with van der Waals surface area (Å²) >= 11 is 0. The Labute approximate surface area is 109 Å². The number of carbonyl (C=O) groups excluding carboxylic acids is 1. The van der Waals surface area contributed by atoms with Crippen molar-refractivity contribution in [2.24, 2.45) is 0 Å². The SMILES string of the molecule is CCOC(=O)C(CC)(CCNC)c1ccncc1. The number of ether oxygens (including phenoxy) is 1. The first-order chi connectivity index (χ1) is 8.71. The van der Waals surface area contributed by atoms with Crippen molar-refractivity contribution in [2.45, 2.75) is 32.1 Å². The van der Waals surface area contributed by atoms with E-state index in [4.69, 9.17) is 4.74 Å². The molecule has 1 aromatic heterocycles. The Morgan fingerprint density at radius 3 is 2.56 bits per heavy atom. The van der Waals surface area contributed by atoms with Crippen LogP contribution in [-0.4, -0.2) is 31.2 Å². The zero-order chi connectivity index (χ0) is 13.4. The van der Waals surface area contributed by atoms with Gasteiger partial charge in [0.1, 0.15) is 0 Å². The van der Waals surface area contributed by atoms with Crippen LogP contribution in [0.2, 0.25) is 0 Å². The van der Waals surface area contributed by atoms with E-state index in [1.807, 2.05) is 33.0 Å². The Hall–Kier alpha value is -1.42. The quantitative estimate of drug-likeness (QED) is 0.751. The van der Waals surface area contributed by atoms with E-state index >= 15 is 0 Å². The molecule has 1 heterocycles. The van der Waals surface area contributed by atoms with Crippen LogP contribution in [0.15, 0.2) is 24.5 Å². The molecule has 18 heavy (non-hydrogen) atoms. The lowest BCUT2D eigenvalue weighted by atomic mass is 9.75. The number of carbonyl (C=O) groups is 1. The van der Waals surface area contributed by atoms with Gasteiger partial charge in [0.25, 0.3) is 0 Å². The van der Waals surface area contributed by atoms with E-state index in [2.05, 4.69) is 10.3 Å². The third-order valence-electron chi connectivity index (χ3n) is 3.30. The fraction of sp³-hybridized carbons (Fsp3) is 0.571. The maximum absolute atomic E-state index is 12.3. The molecule has 0 fully saturated rings. The molecule has 0 spiro atoms. The molecule has 1 atom stereocenters. The molecule has 0 bridgehead atoms. The average molecular weight is 250 g/mol. The van der Waals surface area contributed by atoms with Gasteiger partial charge in [-0.15, -0.1) is 0 Å². The summed E-state index contributed by atoms with van der Waals surface area (Å²) < 4.78 is 5.26. The van der Waals surface area contributed by atoms with Gasteiger partial charge in [-0.05, 0) is 51.1 Å². The van der Waals surface area contributed by atoms with Gasteiger partial charge in [0, 0.05) is 12.4 Å². The van der Waals surface area contributed by atoms with Crippen molar-refractivity contribution in [3.63, 3.8) is 0 Å². The molecule has 0 saturated heterocycles. The number of hydrogen-bond donors (Lipinski definition) is 1. The van der Waals surface area contributed by atoms with E-state index in [0.29, 0.717) is 6.61 Å². The van der Waals surface area contributed by atoms with Crippen molar-refractivity contribution in [3.05, 3.63) is 30.1 Å². The van der Waals surface area contributed by atoms with Crippen molar-refractivity contribution in [3.8, 4) is 0 Å². The maximum atomic E-state index is 12.3. The summed E-state index contributed by atoms with van der Waals surface area (Å²) in [7, 11) is 1.89. The maximum Gasteiger partial charge on any atom is 0.316 e. The summed E-state index contributed by atoms with van der Waals surface area (Å²) in [5, 5.41) is 3.10. The second-order valence-electron chi connectivity index (χ2n) is 4.25. The minimum absolute atomic E-state index is 0.144. The summed E-state index contributed by atoms with van der Waals surface area (Å²) in [5.41, 5.74) is 0.413. The van der Waals surface area contributed by atoms with E-state index < -0.39 is 5.41 Å². The van der Waals surface area contributed by atoms with Gasteiger partial charge in [-0.2, -0.15) is 0 Å². The van der Waals surface area contributed by atoms with Crippen LogP contribution in [0.4, 0.5) is 0 Å². The number of aromatic nitrogens is 1. The molecular formula is C14H22N2O2. The molecule has 0 aliphatic carbocycles. The van der Waals surface area contributed by atoms with Gasteiger partial charge in [-0.1, -0.05) is 6.92 Å². The number of esters is 1. The number of nitrogens with zero attached hydrogens (tertiary/aromatic N) is 1. The van der Waals surface area contributed by atoms with Gasteiger partial charge in [-0.25, -0.2) is 0 Å². The molecule has 0 radical (unpaired) electrons. The molecule has 0 aromatic carbocycles. The summed E-state index contributed by atoms with van der Waals surface area (Å²) in [6.45, 7) is 5.04. The number of nitrogens with one attached hydrogen (secondary N) is 1. The van der Waals surface area contributed by atoms with Crippen LogP contribution in [0.1, 0.15) is 32.3 Å². The molecule has 0 aliphatic heterocycles. The summed E-state index contributed by atoms with van der Waals surface area (Å²) in [5.74, 6) is -0.144. The first kappa shape index (κ1) is 14.6. The van der Waals surface area contributed by atoms with Crippen molar-refractivity contribution in [1.82, 2.24) is 10.3 Å². The molecule has 1 N–H and O–H groups in total. The van der Waals surface area contributed by atoms with E-state index in [0.717, 1.165) is 24.9 Å². The Bertz CT molecular complexity index is 367. The minimum Gasteiger partial charge on any atom is -0.465 e. The third-order valence-corrected chi connectivity index (χ3v) is 3.30. The van der Waals surface area contributed by atoms with Crippen LogP contribution in [0, 0.1) is 0 Å². The zero-order valence-corrected chi connectivity index (χ0v) is 11.4. The van der Waals surface area contributed by atoms with Crippen LogP contribution in [0.5, 0.6) is 0 Å². The number of hydrogen-bond acceptors (Lipinski definition) is 4. The van der Waals surface area contributed by atoms with Crippen molar-refractivity contribution in [2.75, 3.05) is 20.2 Å². The zero-order valence-electron chi connectivity index (χ0n) is 11.4. The highest BCUT2D eigenvalue weighted by Crippen LogP contribution is 2.32. The lowest BCUT2D eigenvalue weighted by molar-refractivity contribution is -0.150. The van der Waals surface area contributed by atoms with Crippen LogP contribution in [0.25, 0.3) is 0 Å². The Morgan fingerprint density at radius 1 is 1.39 bits per heavy atom. The molecule has 0 saturated carbocycles. The van der Waals surface area contributed by atoms with Crippen LogP contribution >= 0.6 is 0 Å². The summed E-state index contributed by atoms with van der Waals surface area (Å²) in [4.78, 5) is 16.3. The van der Waals surface area contributed by atoms with E-state index in [1.165, 1.54) is 0 Å². The summed E-state index contributed by atoms with van der Waals surface area (Å²) in [6, 6.07) is 3.80. The van der Waals surface area contributed by atoms with Crippen LogP contribution in [0.3, 0.4) is 0 Å². The molecule has 4 heteroatoms. The summed E-state index contributed by atoms with van der Waals surface area (Å²) in [6.07, 6.45) is 4.89. The fourth-order valence-electron chi connectivity index (χ4n) is 2.17. The lowest BCUT2D eigenvalue weighted by Gasteiger charge is -2.30. The highest BCUT2D eigenvalue weighted by Gasteiger charge is 2.39. The topological polar surface area (TPSA) is 51.2 Å². The average Bonchev–Trinajstić information content (AvgIpc) is 2.42. The normalized spacial score (nSPS) is 13.9. The van der Waals surface area contributed by atoms with E-state index in [-0.39, 0.29) is 5.97 Å². The number of rotatable bonds is 7. The van der Waals surface area contributed by atoms with E-state index in [9.17, 15) is 4.79 Å². The van der Waals surface area contributed by atoms with Gasteiger partial charge >= 0.3 is 5.97 Å². The molecule has 100 valence electrons. The highest BCUT2D eigenvalue weighted by atomic mass is 16.5. The van der Waals surface area contributed by atoms with Gasteiger partial charge in [0.15, 0.2) is 0 Å². The first-order valence-corrected chi connectivity index (χ1v) is 6.43.